The van der Waals surface area contributed by atoms with Crippen LogP contribution in [0.5, 0.6) is 0 Å². The molecular weight excluding hydrogens is 493 g/mol. The van der Waals surface area contributed by atoms with Crippen molar-refractivity contribution in [2.24, 2.45) is 0 Å². The van der Waals surface area contributed by atoms with Gasteiger partial charge >= 0.3 is 5.97 Å². The first-order chi connectivity index (χ1) is 16.3. The van der Waals surface area contributed by atoms with Crippen molar-refractivity contribution in [3.05, 3.63) is 92.9 Å². The number of nitrogens with zero attached hydrogens (tertiary/aromatic N) is 3. The number of hydrogen-bond acceptors (Lipinski definition) is 6. The minimum Gasteiger partial charge on any atom is -0.462 e. The number of esters is 1. The van der Waals surface area contributed by atoms with E-state index in [1.165, 1.54) is 18.1 Å². The Balaban J connectivity index is 1.93. The van der Waals surface area contributed by atoms with E-state index in [-0.39, 0.29) is 27.9 Å². The Morgan fingerprint density at radius 1 is 1.26 bits per heavy atom. The van der Waals surface area contributed by atoms with Crippen molar-refractivity contribution in [1.29, 1.82) is 5.26 Å². The lowest BCUT2D eigenvalue weighted by Gasteiger charge is -2.18. The Labute approximate surface area is 210 Å². The van der Waals surface area contributed by atoms with E-state index in [1.807, 2.05) is 47.3 Å². The van der Waals surface area contributed by atoms with E-state index < -0.39 is 12.1 Å². The van der Waals surface area contributed by atoms with Gasteiger partial charge in [-0.25, -0.2) is 9.78 Å². The Morgan fingerprint density at radius 3 is 2.68 bits per heavy atom. The molecule has 0 fully saturated rings. The zero-order chi connectivity index (χ0) is 24.4. The molecule has 0 bridgehead atoms. The molecule has 0 aliphatic carbocycles. The number of aryl methyl sites for hydroxylation is 1. The molecule has 172 valence electrons. The number of aliphatic hydroxyl groups is 1. The quantitative estimate of drug-likeness (QED) is 0.240. The average molecular weight is 512 g/mol. The summed E-state index contributed by atoms with van der Waals surface area (Å²) >= 11 is 14.3. The number of rotatable bonds is 6. The Kier molecular flexibility index (Phi) is 7.15. The molecule has 9 heteroatoms. The van der Waals surface area contributed by atoms with Gasteiger partial charge in [0.2, 0.25) is 0 Å². The van der Waals surface area contributed by atoms with Gasteiger partial charge in [-0.1, -0.05) is 41.4 Å². The smallest absolute Gasteiger partial charge is 0.341 e. The highest BCUT2D eigenvalue weighted by atomic mass is 35.5. The van der Waals surface area contributed by atoms with Crippen molar-refractivity contribution in [3.8, 4) is 6.07 Å². The number of aromatic nitrogens is 2. The molecule has 0 amide bonds. The van der Waals surface area contributed by atoms with Gasteiger partial charge in [-0.2, -0.15) is 5.26 Å². The lowest BCUT2D eigenvalue weighted by atomic mass is 10.0. The maximum atomic E-state index is 12.3. The van der Waals surface area contributed by atoms with Crippen LogP contribution in [0.2, 0.25) is 10.2 Å². The highest BCUT2D eigenvalue weighted by Gasteiger charge is 2.28. The monoisotopic (exact) mass is 511 g/mol. The minimum atomic E-state index is -1.31. The van der Waals surface area contributed by atoms with Crippen LogP contribution in [0.25, 0.3) is 10.9 Å². The highest BCUT2D eigenvalue weighted by Crippen LogP contribution is 2.40. The number of nitriles is 1. The highest BCUT2D eigenvalue weighted by molar-refractivity contribution is 7.98. The van der Waals surface area contributed by atoms with E-state index in [1.54, 1.807) is 19.1 Å². The summed E-state index contributed by atoms with van der Waals surface area (Å²) in [6.45, 7) is 3.75. The predicted molar refractivity (Wildman–Crippen MR) is 133 cm³/mol. The molecular formula is C25H19Cl2N3O3S. The first-order valence-corrected chi connectivity index (χ1v) is 11.9. The molecule has 0 saturated heterocycles. The van der Waals surface area contributed by atoms with Gasteiger partial charge in [-0.15, -0.1) is 0 Å². The van der Waals surface area contributed by atoms with E-state index in [0.29, 0.717) is 11.3 Å². The number of halogens is 2. The zero-order valence-electron chi connectivity index (χ0n) is 18.3. The van der Waals surface area contributed by atoms with Crippen LogP contribution in [-0.4, -0.2) is 26.6 Å². The number of hydrogen-bond donors (Lipinski definition) is 1. The van der Waals surface area contributed by atoms with Gasteiger partial charge in [0, 0.05) is 22.0 Å². The number of benzene rings is 2. The third kappa shape index (κ3) is 4.50. The van der Waals surface area contributed by atoms with Crippen LogP contribution in [0, 0.1) is 18.3 Å². The maximum absolute atomic E-state index is 12.3. The summed E-state index contributed by atoms with van der Waals surface area (Å²) < 4.78 is 6.89. The summed E-state index contributed by atoms with van der Waals surface area (Å²) in [7, 11) is 0. The molecule has 2 aromatic carbocycles. The third-order valence-electron chi connectivity index (χ3n) is 5.23. The summed E-state index contributed by atoms with van der Waals surface area (Å²) in [5.74, 6) is -0.654. The topological polar surface area (TPSA) is 88.1 Å². The lowest BCUT2D eigenvalue weighted by molar-refractivity contribution is 0.0526. The lowest BCUT2D eigenvalue weighted by Crippen LogP contribution is -2.12. The average Bonchev–Trinajstić information content (AvgIpc) is 3.18. The van der Waals surface area contributed by atoms with Gasteiger partial charge in [0.05, 0.1) is 40.0 Å². The van der Waals surface area contributed by atoms with E-state index >= 15 is 0 Å². The van der Waals surface area contributed by atoms with E-state index in [4.69, 9.17) is 27.9 Å². The maximum Gasteiger partial charge on any atom is 0.341 e. The first kappa shape index (κ1) is 24.1. The Bertz CT molecular complexity index is 1430. The molecule has 0 saturated carbocycles. The van der Waals surface area contributed by atoms with Gasteiger partial charge in [0.25, 0.3) is 0 Å². The van der Waals surface area contributed by atoms with Gasteiger partial charge in [-0.3, -0.25) is 3.97 Å². The second-order valence-corrected chi connectivity index (χ2v) is 9.17. The van der Waals surface area contributed by atoms with Crippen LogP contribution in [0.3, 0.4) is 0 Å². The summed E-state index contributed by atoms with van der Waals surface area (Å²) in [4.78, 5) is 17.3. The van der Waals surface area contributed by atoms with E-state index in [2.05, 4.69) is 11.1 Å². The fourth-order valence-electron chi connectivity index (χ4n) is 3.64. The molecule has 1 N–H and O–H groups in total. The molecule has 1 unspecified atom stereocenters. The molecule has 34 heavy (non-hydrogen) atoms. The molecule has 0 radical (unpaired) electrons. The number of pyridine rings is 1. The number of fused-ring (bicyclic) bond motifs is 1. The van der Waals surface area contributed by atoms with Crippen molar-refractivity contribution in [1.82, 2.24) is 8.96 Å². The number of aliphatic hydroxyl groups excluding tert-OH is 1. The Morgan fingerprint density at radius 2 is 2.00 bits per heavy atom. The van der Waals surface area contributed by atoms with Crippen LogP contribution in [-0.2, 0) is 4.74 Å². The predicted octanol–water partition coefficient (Wildman–Crippen LogP) is 6.34. The van der Waals surface area contributed by atoms with E-state index in [9.17, 15) is 15.2 Å². The second-order valence-electron chi connectivity index (χ2n) is 7.42. The van der Waals surface area contributed by atoms with Crippen LogP contribution in [0.15, 0.2) is 59.6 Å². The second kappa shape index (κ2) is 10.1. The van der Waals surface area contributed by atoms with Gasteiger partial charge in [0.15, 0.2) is 0 Å². The van der Waals surface area contributed by atoms with Crippen molar-refractivity contribution >= 4 is 52.0 Å². The number of ether oxygens (including phenoxy) is 1. The van der Waals surface area contributed by atoms with Crippen molar-refractivity contribution < 1.29 is 14.6 Å². The summed E-state index contributed by atoms with van der Waals surface area (Å²) in [6.07, 6.45) is -0.0772. The van der Waals surface area contributed by atoms with Gasteiger partial charge in [-0.05, 0) is 61.7 Å². The molecule has 4 aromatic rings. The van der Waals surface area contributed by atoms with Crippen molar-refractivity contribution in [2.75, 3.05) is 6.61 Å². The molecule has 2 aromatic heterocycles. The SMILES string of the molecule is CCOC(=O)c1cnc(Cl)c(C(O)c2cc3c(C)cc(C#N)cc3n2Sc2ccccc2)c1Cl. The van der Waals surface area contributed by atoms with Crippen LogP contribution < -0.4 is 0 Å². The molecule has 4 rings (SSSR count). The summed E-state index contributed by atoms with van der Waals surface area (Å²) in [5.41, 5.74) is 2.72. The molecule has 6 nitrogen and oxygen atoms in total. The number of carbonyl (C=O) groups is 1. The normalized spacial score (nSPS) is 11.9. The number of carbonyl (C=O) groups excluding carboxylic acids is 1. The standard InChI is InChI=1S/C25H19Cl2N3O3S/c1-3-33-25(32)18-13-29-24(27)21(22(18)26)23(31)20-11-17-14(2)9-15(12-28)10-19(17)30(20)34-16-7-5-4-6-8-16/h4-11,13,23,31H,3H2,1-2H3. The largest absolute Gasteiger partial charge is 0.462 e. The van der Waals surface area contributed by atoms with Gasteiger partial charge in [0.1, 0.15) is 11.3 Å². The summed E-state index contributed by atoms with van der Waals surface area (Å²) in [5, 5.41) is 21.8. The van der Waals surface area contributed by atoms with Crippen molar-refractivity contribution in [3.63, 3.8) is 0 Å². The van der Waals surface area contributed by atoms with Crippen LogP contribution >= 0.6 is 35.1 Å². The Hall–Kier alpha value is -3.02. The zero-order valence-corrected chi connectivity index (χ0v) is 20.6. The molecule has 1 atom stereocenters. The van der Waals surface area contributed by atoms with Crippen LogP contribution in [0.1, 0.15) is 45.8 Å². The molecule has 0 aliphatic rings. The van der Waals surface area contributed by atoms with E-state index in [0.717, 1.165) is 21.4 Å². The third-order valence-corrected chi connectivity index (χ3v) is 7.01. The molecule has 0 aliphatic heterocycles. The van der Waals surface area contributed by atoms with Crippen LogP contribution in [0.4, 0.5) is 0 Å². The first-order valence-electron chi connectivity index (χ1n) is 10.3. The minimum absolute atomic E-state index is 0.0169. The molecule has 0 spiro atoms. The summed E-state index contributed by atoms with van der Waals surface area (Å²) in [6, 6.07) is 17.2. The fraction of sp³-hybridized carbons (Fsp3) is 0.160. The fourth-order valence-corrected chi connectivity index (χ4v) is 5.25. The van der Waals surface area contributed by atoms with Crippen molar-refractivity contribution in [2.45, 2.75) is 24.8 Å². The van der Waals surface area contributed by atoms with Gasteiger partial charge < -0.3 is 9.84 Å². The molecule has 2 heterocycles.